The molecule has 0 aliphatic carbocycles. The lowest BCUT2D eigenvalue weighted by molar-refractivity contribution is 0.587. The molecular formula is C17H31N3S. The van der Waals surface area contributed by atoms with Crippen molar-refractivity contribution in [2.45, 2.75) is 91.4 Å². The summed E-state index contributed by atoms with van der Waals surface area (Å²) in [6, 6.07) is 1.83. The minimum atomic E-state index is 0.497. The summed E-state index contributed by atoms with van der Waals surface area (Å²) in [7, 11) is 0. The number of hydrogen-bond donors (Lipinski definition) is 1. The Bertz CT molecular complexity index is 453. The van der Waals surface area contributed by atoms with Crippen LogP contribution in [-0.2, 0) is 6.54 Å². The molecular weight excluding hydrogens is 278 g/mol. The molecule has 0 aromatic carbocycles. The van der Waals surface area contributed by atoms with E-state index in [9.17, 15) is 0 Å². The number of aromatic nitrogens is 1. The predicted octanol–water partition coefficient (Wildman–Crippen LogP) is 4.53. The molecule has 2 unspecified atom stereocenters. The van der Waals surface area contributed by atoms with E-state index < -0.39 is 0 Å². The van der Waals surface area contributed by atoms with E-state index in [1.807, 2.05) is 11.3 Å². The van der Waals surface area contributed by atoms with E-state index in [2.05, 4.69) is 51.8 Å². The number of hydrogen-bond acceptors (Lipinski definition) is 4. The zero-order valence-corrected chi connectivity index (χ0v) is 15.3. The van der Waals surface area contributed by atoms with E-state index >= 15 is 0 Å². The summed E-state index contributed by atoms with van der Waals surface area (Å²) in [6.45, 7) is 14.5. The normalized spacial score (nSPS) is 22.8. The second kappa shape index (κ2) is 7.10. The summed E-state index contributed by atoms with van der Waals surface area (Å²) in [5.41, 5.74) is 1.29. The van der Waals surface area contributed by atoms with Gasteiger partial charge in [0.2, 0.25) is 0 Å². The Morgan fingerprint density at radius 2 is 2.00 bits per heavy atom. The van der Waals surface area contributed by atoms with Crippen molar-refractivity contribution in [2.75, 3.05) is 4.90 Å². The van der Waals surface area contributed by atoms with Gasteiger partial charge >= 0.3 is 0 Å². The molecule has 0 saturated carbocycles. The van der Waals surface area contributed by atoms with Gasteiger partial charge in [-0.25, -0.2) is 4.98 Å². The number of thiazole rings is 1. The second-order valence-electron chi connectivity index (χ2n) is 6.89. The average Bonchev–Trinajstić information content (AvgIpc) is 2.99. The van der Waals surface area contributed by atoms with Gasteiger partial charge in [-0.2, -0.15) is 0 Å². The van der Waals surface area contributed by atoms with E-state index in [1.165, 1.54) is 35.0 Å². The molecule has 120 valence electrons. The minimum absolute atomic E-state index is 0.497. The number of rotatable bonds is 6. The summed E-state index contributed by atoms with van der Waals surface area (Å²) in [5, 5.41) is 4.80. The second-order valence-corrected chi connectivity index (χ2v) is 7.95. The first-order chi connectivity index (χ1) is 9.93. The molecule has 0 bridgehead atoms. The van der Waals surface area contributed by atoms with Gasteiger partial charge < -0.3 is 10.2 Å². The van der Waals surface area contributed by atoms with Crippen molar-refractivity contribution < 1.29 is 0 Å². The molecule has 21 heavy (non-hydrogen) atoms. The van der Waals surface area contributed by atoms with Gasteiger partial charge in [-0.1, -0.05) is 34.6 Å². The third-order valence-corrected chi connectivity index (χ3v) is 5.50. The molecule has 0 spiro atoms. The fourth-order valence-electron chi connectivity index (χ4n) is 3.15. The van der Waals surface area contributed by atoms with Gasteiger partial charge in [0.15, 0.2) is 5.13 Å². The van der Waals surface area contributed by atoms with Crippen molar-refractivity contribution in [3.63, 3.8) is 0 Å². The lowest BCUT2D eigenvalue weighted by Gasteiger charge is -2.27. The number of nitrogens with zero attached hydrogens (tertiary/aromatic N) is 2. The number of anilines is 1. The zero-order chi connectivity index (χ0) is 15.6. The smallest absolute Gasteiger partial charge is 0.186 e. The van der Waals surface area contributed by atoms with Gasteiger partial charge in [0.1, 0.15) is 0 Å². The molecule has 1 saturated heterocycles. The molecule has 2 atom stereocenters. The Balaban J connectivity index is 2.25. The maximum atomic E-state index is 5.02. The predicted molar refractivity (Wildman–Crippen MR) is 93.4 cm³/mol. The van der Waals surface area contributed by atoms with Crippen LogP contribution in [0.4, 0.5) is 5.13 Å². The van der Waals surface area contributed by atoms with Gasteiger partial charge in [-0.05, 0) is 32.1 Å². The van der Waals surface area contributed by atoms with Crippen LogP contribution in [0.5, 0.6) is 0 Å². The fourth-order valence-corrected chi connectivity index (χ4v) is 4.49. The molecule has 1 N–H and O–H groups in total. The first-order valence-corrected chi connectivity index (χ1v) is 9.27. The molecule has 3 nitrogen and oxygen atoms in total. The molecule has 2 rings (SSSR count). The zero-order valence-electron chi connectivity index (χ0n) is 14.4. The fraction of sp³-hybridized carbons (Fsp3) is 0.824. The quantitative estimate of drug-likeness (QED) is 0.836. The molecule has 1 aliphatic rings. The Morgan fingerprint density at radius 3 is 2.57 bits per heavy atom. The summed E-state index contributed by atoms with van der Waals surface area (Å²) >= 11 is 1.90. The summed E-state index contributed by atoms with van der Waals surface area (Å²) < 4.78 is 0. The van der Waals surface area contributed by atoms with Crippen LogP contribution in [0.1, 0.15) is 77.3 Å². The van der Waals surface area contributed by atoms with E-state index in [0.29, 0.717) is 24.0 Å². The Morgan fingerprint density at radius 1 is 1.29 bits per heavy atom. The maximum absolute atomic E-state index is 5.02. The van der Waals surface area contributed by atoms with E-state index in [1.54, 1.807) is 0 Å². The SMILES string of the molecule is CCC1CCC(C)N1c1nc(C(C)C)c(CNC(C)C)s1. The van der Waals surface area contributed by atoms with Gasteiger partial charge in [0.25, 0.3) is 0 Å². The van der Waals surface area contributed by atoms with Crippen LogP contribution in [0.25, 0.3) is 0 Å². The van der Waals surface area contributed by atoms with Gasteiger partial charge in [0.05, 0.1) is 5.69 Å². The maximum Gasteiger partial charge on any atom is 0.186 e. The lowest BCUT2D eigenvalue weighted by Crippen LogP contribution is -2.33. The molecule has 4 heteroatoms. The van der Waals surface area contributed by atoms with Crippen LogP contribution in [0.15, 0.2) is 0 Å². The van der Waals surface area contributed by atoms with Crippen molar-refractivity contribution in [2.24, 2.45) is 0 Å². The minimum Gasteiger partial charge on any atom is -0.342 e. The average molecular weight is 310 g/mol. The Labute approximate surface area is 134 Å². The molecule has 0 radical (unpaired) electrons. The van der Waals surface area contributed by atoms with Crippen molar-refractivity contribution in [3.05, 3.63) is 10.6 Å². The molecule has 0 amide bonds. The van der Waals surface area contributed by atoms with Crippen LogP contribution < -0.4 is 10.2 Å². The molecule has 1 fully saturated rings. The van der Waals surface area contributed by atoms with Gasteiger partial charge in [0, 0.05) is 29.5 Å². The van der Waals surface area contributed by atoms with Crippen LogP contribution >= 0.6 is 11.3 Å². The summed E-state index contributed by atoms with van der Waals surface area (Å²) in [4.78, 5) is 9.02. The van der Waals surface area contributed by atoms with Crippen LogP contribution in [-0.4, -0.2) is 23.1 Å². The van der Waals surface area contributed by atoms with Gasteiger partial charge in [-0.15, -0.1) is 11.3 Å². The van der Waals surface area contributed by atoms with E-state index in [0.717, 1.165) is 6.54 Å². The van der Waals surface area contributed by atoms with Crippen molar-refractivity contribution in [1.82, 2.24) is 10.3 Å². The first kappa shape index (κ1) is 16.8. The monoisotopic (exact) mass is 309 g/mol. The molecule has 2 heterocycles. The highest BCUT2D eigenvalue weighted by Crippen LogP contribution is 2.37. The lowest BCUT2D eigenvalue weighted by atomic mass is 10.1. The van der Waals surface area contributed by atoms with Crippen molar-refractivity contribution in [3.8, 4) is 0 Å². The molecule has 1 aliphatic heterocycles. The van der Waals surface area contributed by atoms with Crippen molar-refractivity contribution in [1.29, 1.82) is 0 Å². The standard InChI is InChI=1S/C17H31N3S/c1-7-14-9-8-13(6)20(14)17-19-16(11(2)3)15(21-17)10-18-12(4)5/h11-14,18H,7-10H2,1-6H3. The highest BCUT2D eigenvalue weighted by molar-refractivity contribution is 7.15. The first-order valence-electron chi connectivity index (χ1n) is 8.45. The van der Waals surface area contributed by atoms with Crippen LogP contribution in [0, 0.1) is 0 Å². The largest absolute Gasteiger partial charge is 0.342 e. The Kier molecular flexibility index (Phi) is 5.67. The summed E-state index contributed by atoms with van der Waals surface area (Å²) in [5.74, 6) is 0.497. The van der Waals surface area contributed by atoms with Gasteiger partial charge in [-0.3, -0.25) is 0 Å². The molecule has 1 aromatic heterocycles. The summed E-state index contributed by atoms with van der Waals surface area (Å²) in [6.07, 6.45) is 3.84. The van der Waals surface area contributed by atoms with E-state index in [-0.39, 0.29) is 0 Å². The highest BCUT2D eigenvalue weighted by Gasteiger charge is 2.32. The Hall–Kier alpha value is -0.610. The van der Waals surface area contributed by atoms with E-state index in [4.69, 9.17) is 4.98 Å². The molecule has 1 aromatic rings. The van der Waals surface area contributed by atoms with Crippen LogP contribution in [0.3, 0.4) is 0 Å². The number of nitrogens with one attached hydrogen (secondary N) is 1. The van der Waals surface area contributed by atoms with Crippen molar-refractivity contribution >= 4 is 16.5 Å². The third kappa shape index (κ3) is 3.78. The third-order valence-electron chi connectivity index (χ3n) is 4.41. The highest BCUT2D eigenvalue weighted by atomic mass is 32.1. The topological polar surface area (TPSA) is 28.2 Å². The van der Waals surface area contributed by atoms with Crippen LogP contribution in [0.2, 0.25) is 0 Å².